The predicted octanol–water partition coefficient (Wildman–Crippen LogP) is 3.50. The zero-order valence-electron chi connectivity index (χ0n) is 19.3. The number of rotatable bonds is 7. The summed E-state index contributed by atoms with van der Waals surface area (Å²) in [5.74, 6) is 1.77. The van der Waals surface area contributed by atoms with Crippen molar-refractivity contribution in [2.75, 3.05) is 75.4 Å². The first-order valence-corrected chi connectivity index (χ1v) is 12.8. The summed E-state index contributed by atoms with van der Waals surface area (Å²) in [5, 5.41) is 8.78. The molecule has 2 saturated heterocycles. The van der Waals surface area contributed by atoms with Gasteiger partial charge in [0.1, 0.15) is 22.5 Å². The van der Waals surface area contributed by atoms with Gasteiger partial charge in [-0.05, 0) is 41.4 Å². The molecule has 2 aliphatic rings. The molecule has 2 aliphatic heterocycles. The first-order chi connectivity index (χ1) is 16.6. The number of halogens is 2. The Morgan fingerprint density at radius 1 is 1.09 bits per heavy atom. The number of morpholine rings is 1. The molecule has 5 rings (SSSR count). The Kier molecular flexibility index (Phi) is 7.38. The van der Waals surface area contributed by atoms with E-state index in [1.165, 1.54) is 0 Å². The second kappa shape index (κ2) is 10.6. The van der Waals surface area contributed by atoms with E-state index in [1.54, 1.807) is 6.33 Å². The van der Waals surface area contributed by atoms with E-state index in [9.17, 15) is 0 Å². The molecule has 3 aromatic rings. The largest absolute Gasteiger partial charge is 0.493 e. The highest BCUT2D eigenvalue weighted by atomic mass is 79.9. The van der Waals surface area contributed by atoms with Gasteiger partial charge in [0.15, 0.2) is 5.65 Å². The minimum atomic E-state index is 0.676. The van der Waals surface area contributed by atoms with Crippen LogP contribution >= 0.6 is 27.5 Å². The van der Waals surface area contributed by atoms with Crippen molar-refractivity contribution in [1.29, 1.82) is 0 Å². The number of benzene rings is 1. The fourth-order valence-corrected chi connectivity index (χ4v) is 5.28. The molecule has 2 fully saturated rings. The standard InChI is InChI=1S/C23H29BrClN7O2/c1-16-18(13-17(25)14-19(16)34-10-2-3-30-8-11-33-12-9-30)31-4-6-32(7-5-31)23-20-21(24)28-29-22(20)26-15-27-23/h13-15H,2-12H2,1H3,(H,26,27,28,29). The molecule has 1 aromatic carbocycles. The van der Waals surface area contributed by atoms with E-state index in [-0.39, 0.29) is 0 Å². The van der Waals surface area contributed by atoms with Crippen molar-refractivity contribution in [1.82, 2.24) is 25.1 Å². The smallest absolute Gasteiger partial charge is 0.161 e. The quantitative estimate of drug-likeness (QED) is 0.448. The first kappa shape index (κ1) is 23.6. The van der Waals surface area contributed by atoms with E-state index in [0.717, 1.165) is 104 Å². The highest BCUT2D eigenvalue weighted by Gasteiger charge is 2.24. The van der Waals surface area contributed by atoms with Gasteiger partial charge in [-0.25, -0.2) is 9.97 Å². The van der Waals surface area contributed by atoms with Gasteiger partial charge in [0, 0.05) is 62.1 Å². The summed E-state index contributed by atoms with van der Waals surface area (Å²) < 4.78 is 12.3. The van der Waals surface area contributed by atoms with Crippen molar-refractivity contribution in [2.45, 2.75) is 13.3 Å². The Hall–Kier alpha value is -2.14. The number of piperazine rings is 1. The van der Waals surface area contributed by atoms with Gasteiger partial charge in [0.25, 0.3) is 0 Å². The van der Waals surface area contributed by atoms with E-state index in [0.29, 0.717) is 11.6 Å². The van der Waals surface area contributed by atoms with Crippen molar-refractivity contribution in [3.8, 4) is 5.75 Å². The van der Waals surface area contributed by atoms with Crippen LogP contribution < -0.4 is 14.5 Å². The van der Waals surface area contributed by atoms with E-state index in [4.69, 9.17) is 21.1 Å². The van der Waals surface area contributed by atoms with Gasteiger partial charge in [-0.3, -0.25) is 10.00 Å². The van der Waals surface area contributed by atoms with Gasteiger partial charge in [0.2, 0.25) is 0 Å². The molecular weight excluding hydrogens is 522 g/mol. The minimum Gasteiger partial charge on any atom is -0.493 e. The van der Waals surface area contributed by atoms with Crippen LogP contribution in [0.3, 0.4) is 0 Å². The lowest BCUT2D eigenvalue weighted by molar-refractivity contribution is 0.0358. The van der Waals surface area contributed by atoms with Gasteiger partial charge >= 0.3 is 0 Å². The number of anilines is 2. The van der Waals surface area contributed by atoms with Gasteiger partial charge in [-0.1, -0.05) is 11.6 Å². The summed E-state index contributed by atoms with van der Waals surface area (Å²) in [6.07, 6.45) is 2.56. The summed E-state index contributed by atoms with van der Waals surface area (Å²) in [7, 11) is 0. The van der Waals surface area contributed by atoms with Crippen LogP contribution in [0.5, 0.6) is 5.75 Å². The molecule has 11 heteroatoms. The van der Waals surface area contributed by atoms with Crippen LogP contribution in [0.4, 0.5) is 11.5 Å². The number of nitrogens with one attached hydrogen (secondary N) is 1. The zero-order chi connectivity index (χ0) is 23.5. The van der Waals surface area contributed by atoms with Crippen molar-refractivity contribution in [2.24, 2.45) is 0 Å². The molecule has 4 heterocycles. The number of aromatic nitrogens is 4. The molecule has 34 heavy (non-hydrogen) atoms. The van der Waals surface area contributed by atoms with E-state index >= 15 is 0 Å². The fourth-order valence-electron chi connectivity index (χ4n) is 4.62. The molecule has 9 nitrogen and oxygen atoms in total. The SMILES string of the molecule is Cc1c(OCCCN2CCOCC2)cc(Cl)cc1N1CCN(c2ncnc3[nH]nc(Br)c23)CC1. The molecule has 0 amide bonds. The predicted molar refractivity (Wildman–Crippen MR) is 137 cm³/mol. The third kappa shape index (κ3) is 5.10. The average Bonchev–Trinajstić information content (AvgIpc) is 3.25. The third-order valence-electron chi connectivity index (χ3n) is 6.49. The average molecular weight is 551 g/mol. The lowest BCUT2D eigenvalue weighted by Crippen LogP contribution is -2.47. The maximum Gasteiger partial charge on any atom is 0.161 e. The lowest BCUT2D eigenvalue weighted by atomic mass is 10.1. The van der Waals surface area contributed by atoms with Crippen molar-refractivity contribution < 1.29 is 9.47 Å². The fraction of sp³-hybridized carbons (Fsp3) is 0.522. The number of ether oxygens (including phenoxy) is 2. The van der Waals surface area contributed by atoms with Gasteiger partial charge in [-0.15, -0.1) is 0 Å². The van der Waals surface area contributed by atoms with E-state index in [2.05, 4.69) is 57.7 Å². The van der Waals surface area contributed by atoms with Gasteiger partial charge in [0.05, 0.1) is 25.2 Å². The maximum atomic E-state index is 6.50. The number of aromatic amines is 1. The summed E-state index contributed by atoms with van der Waals surface area (Å²) in [6, 6.07) is 3.97. The van der Waals surface area contributed by atoms with Crippen LogP contribution in [0.1, 0.15) is 12.0 Å². The highest BCUT2D eigenvalue weighted by Crippen LogP contribution is 2.35. The van der Waals surface area contributed by atoms with Crippen molar-refractivity contribution in [3.63, 3.8) is 0 Å². The van der Waals surface area contributed by atoms with Crippen LogP contribution in [0.2, 0.25) is 5.02 Å². The van der Waals surface area contributed by atoms with Crippen LogP contribution in [0, 0.1) is 6.92 Å². The Morgan fingerprint density at radius 2 is 1.85 bits per heavy atom. The van der Waals surface area contributed by atoms with Crippen molar-refractivity contribution in [3.05, 3.63) is 33.6 Å². The van der Waals surface area contributed by atoms with Crippen molar-refractivity contribution >= 4 is 50.1 Å². The number of fused-ring (bicyclic) bond motifs is 1. The first-order valence-electron chi connectivity index (χ1n) is 11.7. The van der Waals surface area contributed by atoms with E-state index < -0.39 is 0 Å². The molecular formula is C23H29BrClN7O2. The van der Waals surface area contributed by atoms with Crippen LogP contribution in [0.15, 0.2) is 23.1 Å². The molecule has 0 spiro atoms. The van der Waals surface area contributed by atoms with Crippen LogP contribution in [0.25, 0.3) is 11.0 Å². The maximum absolute atomic E-state index is 6.50. The Labute approximate surface area is 212 Å². The second-order valence-electron chi connectivity index (χ2n) is 8.61. The molecule has 0 bridgehead atoms. The third-order valence-corrected chi connectivity index (χ3v) is 7.28. The summed E-state index contributed by atoms with van der Waals surface area (Å²) in [6.45, 7) is 10.9. The summed E-state index contributed by atoms with van der Waals surface area (Å²) in [4.78, 5) is 15.9. The van der Waals surface area contributed by atoms with Crippen LogP contribution in [-0.2, 0) is 4.74 Å². The van der Waals surface area contributed by atoms with Gasteiger partial charge < -0.3 is 19.3 Å². The normalized spacial score (nSPS) is 17.5. The topological polar surface area (TPSA) is 82.6 Å². The van der Waals surface area contributed by atoms with E-state index in [1.807, 2.05) is 12.1 Å². The molecule has 2 aromatic heterocycles. The molecule has 1 N–H and O–H groups in total. The Morgan fingerprint density at radius 3 is 2.65 bits per heavy atom. The number of H-pyrrole nitrogens is 1. The number of nitrogens with zero attached hydrogens (tertiary/aromatic N) is 6. The Bertz CT molecular complexity index is 1130. The molecule has 0 unspecified atom stereocenters. The molecule has 0 aliphatic carbocycles. The molecule has 182 valence electrons. The summed E-state index contributed by atoms with van der Waals surface area (Å²) >= 11 is 10.0. The highest BCUT2D eigenvalue weighted by molar-refractivity contribution is 9.10. The molecule has 0 radical (unpaired) electrons. The summed E-state index contributed by atoms with van der Waals surface area (Å²) in [5.41, 5.74) is 3.00. The zero-order valence-corrected chi connectivity index (χ0v) is 21.6. The Balaban J connectivity index is 1.22. The number of hydrogen-bond acceptors (Lipinski definition) is 8. The monoisotopic (exact) mass is 549 g/mol. The minimum absolute atomic E-state index is 0.676. The van der Waals surface area contributed by atoms with Gasteiger partial charge in [-0.2, -0.15) is 5.10 Å². The molecule has 0 saturated carbocycles. The second-order valence-corrected chi connectivity index (χ2v) is 9.80. The lowest BCUT2D eigenvalue weighted by Gasteiger charge is -2.37. The number of hydrogen-bond donors (Lipinski definition) is 1. The molecule has 0 atom stereocenters. The van der Waals surface area contributed by atoms with Crippen LogP contribution in [-0.4, -0.2) is 90.7 Å².